The van der Waals surface area contributed by atoms with Crippen LogP contribution in [0.2, 0.25) is 0 Å². The van der Waals surface area contributed by atoms with E-state index in [0.717, 1.165) is 24.2 Å². The summed E-state index contributed by atoms with van der Waals surface area (Å²) < 4.78 is 5.45. The van der Waals surface area contributed by atoms with Crippen LogP contribution in [0.4, 0.5) is 0 Å². The Morgan fingerprint density at radius 3 is 2.71 bits per heavy atom. The van der Waals surface area contributed by atoms with Gasteiger partial charge in [0.15, 0.2) is 0 Å². The zero-order valence-corrected chi connectivity index (χ0v) is 9.84. The van der Waals surface area contributed by atoms with Crippen LogP contribution in [-0.2, 0) is 6.42 Å². The molecule has 0 aromatic heterocycles. The monoisotopic (exact) mass is 212 g/mol. The molecule has 0 saturated carbocycles. The van der Waals surface area contributed by atoms with Gasteiger partial charge in [0.05, 0.1) is 0 Å². The molecule has 0 aliphatic rings. The van der Waals surface area contributed by atoms with E-state index in [0.29, 0.717) is 0 Å². The minimum Gasteiger partial charge on any atom is -0.447 e. The number of hydrogen-bond acceptors (Lipinski definition) is 2. The van der Waals surface area contributed by atoms with Crippen LogP contribution in [0.25, 0.3) is 0 Å². The van der Waals surface area contributed by atoms with Gasteiger partial charge in [0.2, 0.25) is 8.38 Å². The quantitative estimate of drug-likeness (QED) is 0.776. The van der Waals surface area contributed by atoms with Crippen molar-refractivity contribution in [2.24, 2.45) is 0 Å². The first-order chi connectivity index (χ1) is 6.65. The van der Waals surface area contributed by atoms with Crippen molar-refractivity contribution in [2.45, 2.75) is 26.7 Å². The van der Waals surface area contributed by atoms with Crippen LogP contribution in [0.15, 0.2) is 18.2 Å². The molecule has 0 saturated heterocycles. The SMILES string of the molecule is CCCc1cccc(C)c1OP(C)O. The number of rotatable bonds is 4. The van der Waals surface area contributed by atoms with Crippen molar-refractivity contribution in [3.05, 3.63) is 29.3 Å². The van der Waals surface area contributed by atoms with Crippen molar-refractivity contribution in [2.75, 3.05) is 6.66 Å². The third kappa shape index (κ3) is 2.97. The Hall–Kier alpha value is -0.590. The fraction of sp³-hybridized carbons (Fsp3) is 0.455. The van der Waals surface area contributed by atoms with Crippen molar-refractivity contribution >= 4 is 8.38 Å². The maximum atomic E-state index is 9.27. The van der Waals surface area contributed by atoms with Gasteiger partial charge < -0.3 is 9.42 Å². The Morgan fingerprint density at radius 1 is 1.43 bits per heavy atom. The molecular formula is C11H17O2P. The number of para-hydroxylation sites is 1. The summed E-state index contributed by atoms with van der Waals surface area (Å²) in [6.45, 7) is 5.84. The second-order valence-electron chi connectivity index (χ2n) is 3.37. The standard InChI is InChI=1S/C11H17O2P/c1-4-6-10-8-5-7-9(2)11(10)13-14(3)12/h5,7-8,12H,4,6H2,1-3H3. The van der Waals surface area contributed by atoms with E-state index in [2.05, 4.69) is 13.0 Å². The van der Waals surface area contributed by atoms with E-state index in [-0.39, 0.29) is 0 Å². The second-order valence-corrected chi connectivity index (χ2v) is 4.48. The van der Waals surface area contributed by atoms with Crippen LogP contribution in [0.5, 0.6) is 5.75 Å². The highest BCUT2D eigenvalue weighted by molar-refractivity contribution is 7.45. The van der Waals surface area contributed by atoms with E-state index in [1.165, 1.54) is 5.56 Å². The maximum Gasteiger partial charge on any atom is 0.224 e. The lowest BCUT2D eigenvalue weighted by atomic mass is 10.1. The predicted molar refractivity (Wildman–Crippen MR) is 60.9 cm³/mol. The summed E-state index contributed by atoms with van der Waals surface area (Å²) in [5, 5.41) is 0. The summed E-state index contributed by atoms with van der Waals surface area (Å²) in [5.41, 5.74) is 2.29. The van der Waals surface area contributed by atoms with Gasteiger partial charge in [-0.2, -0.15) is 0 Å². The maximum absolute atomic E-state index is 9.27. The molecular weight excluding hydrogens is 195 g/mol. The molecule has 0 spiro atoms. The number of hydrogen-bond donors (Lipinski definition) is 1. The van der Waals surface area contributed by atoms with Crippen molar-refractivity contribution in [3.8, 4) is 5.75 Å². The average Bonchev–Trinajstić information content (AvgIpc) is 2.11. The molecule has 1 aromatic rings. The molecule has 0 heterocycles. The molecule has 2 nitrogen and oxygen atoms in total. The van der Waals surface area contributed by atoms with E-state index in [9.17, 15) is 4.89 Å². The molecule has 0 bridgehead atoms. The molecule has 0 radical (unpaired) electrons. The highest BCUT2D eigenvalue weighted by Crippen LogP contribution is 2.35. The van der Waals surface area contributed by atoms with E-state index >= 15 is 0 Å². The smallest absolute Gasteiger partial charge is 0.224 e. The van der Waals surface area contributed by atoms with Crippen molar-refractivity contribution in [3.63, 3.8) is 0 Å². The Balaban J connectivity index is 2.96. The zero-order valence-electron chi connectivity index (χ0n) is 8.95. The minimum atomic E-state index is -1.32. The molecule has 0 aliphatic carbocycles. The highest BCUT2D eigenvalue weighted by Gasteiger charge is 2.08. The van der Waals surface area contributed by atoms with Gasteiger partial charge in [-0.05, 0) is 24.5 Å². The molecule has 78 valence electrons. The van der Waals surface area contributed by atoms with Gasteiger partial charge in [0.25, 0.3) is 0 Å². The fourth-order valence-electron chi connectivity index (χ4n) is 1.44. The third-order valence-corrected chi connectivity index (χ3v) is 2.48. The molecule has 1 atom stereocenters. The molecule has 0 amide bonds. The van der Waals surface area contributed by atoms with Crippen molar-refractivity contribution < 1.29 is 9.42 Å². The molecule has 0 fully saturated rings. The van der Waals surface area contributed by atoms with Gasteiger partial charge >= 0.3 is 0 Å². The van der Waals surface area contributed by atoms with E-state index in [1.807, 2.05) is 19.1 Å². The van der Waals surface area contributed by atoms with Gasteiger partial charge in [-0.25, -0.2) is 0 Å². The Kier molecular flexibility index (Phi) is 4.37. The Morgan fingerprint density at radius 2 is 2.14 bits per heavy atom. The van der Waals surface area contributed by atoms with Gasteiger partial charge in [-0.1, -0.05) is 31.5 Å². The van der Waals surface area contributed by atoms with E-state index < -0.39 is 8.38 Å². The van der Waals surface area contributed by atoms with E-state index in [4.69, 9.17) is 4.52 Å². The lowest BCUT2D eigenvalue weighted by Crippen LogP contribution is -1.94. The van der Waals surface area contributed by atoms with Gasteiger partial charge in [0, 0.05) is 6.66 Å². The first kappa shape index (κ1) is 11.5. The fourth-order valence-corrected chi connectivity index (χ4v) is 1.97. The summed E-state index contributed by atoms with van der Waals surface area (Å²) in [6.07, 6.45) is 2.09. The molecule has 1 aromatic carbocycles. The highest BCUT2D eigenvalue weighted by atomic mass is 31.2. The van der Waals surface area contributed by atoms with Crippen molar-refractivity contribution in [1.29, 1.82) is 0 Å². The lowest BCUT2D eigenvalue weighted by molar-refractivity contribution is 0.487. The zero-order chi connectivity index (χ0) is 10.6. The molecule has 1 rings (SSSR count). The molecule has 1 unspecified atom stereocenters. The topological polar surface area (TPSA) is 29.5 Å². The number of benzene rings is 1. The van der Waals surface area contributed by atoms with Crippen LogP contribution >= 0.6 is 8.38 Å². The largest absolute Gasteiger partial charge is 0.447 e. The second kappa shape index (κ2) is 5.33. The molecule has 1 N–H and O–H groups in total. The third-order valence-electron chi connectivity index (χ3n) is 2.04. The summed E-state index contributed by atoms with van der Waals surface area (Å²) in [7, 11) is -1.32. The van der Waals surface area contributed by atoms with Crippen molar-refractivity contribution in [1.82, 2.24) is 0 Å². The van der Waals surface area contributed by atoms with E-state index in [1.54, 1.807) is 6.66 Å². The first-order valence-electron chi connectivity index (χ1n) is 4.84. The van der Waals surface area contributed by atoms with Crippen LogP contribution in [0.1, 0.15) is 24.5 Å². The van der Waals surface area contributed by atoms with Crippen LogP contribution < -0.4 is 4.52 Å². The first-order valence-corrected chi connectivity index (χ1v) is 6.50. The normalized spacial score (nSPS) is 12.6. The Bertz CT molecular complexity index is 297. The summed E-state index contributed by atoms with van der Waals surface area (Å²) in [6, 6.07) is 6.10. The summed E-state index contributed by atoms with van der Waals surface area (Å²) in [4.78, 5) is 9.27. The van der Waals surface area contributed by atoms with Crippen LogP contribution in [-0.4, -0.2) is 11.6 Å². The van der Waals surface area contributed by atoms with Gasteiger partial charge in [-0.15, -0.1) is 0 Å². The van der Waals surface area contributed by atoms with Crippen LogP contribution in [0.3, 0.4) is 0 Å². The average molecular weight is 212 g/mol. The molecule has 3 heteroatoms. The summed E-state index contributed by atoms with van der Waals surface area (Å²) in [5.74, 6) is 0.866. The van der Waals surface area contributed by atoms with Gasteiger partial charge in [0.1, 0.15) is 5.75 Å². The predicted octanol–water partition coefficient (Wildman–Crippen LogP) is 3.26. The van der Waals surface area contributed by atoms with Crippen LogP contribution in [0, 0.1) is 6.92 Å². The van der Waals surface area contributed by atoms with Gasteiger partial charge in [-0.3, -0.25) is 0 Å². The molecule has 14 heavy (non-hydrogen) atoms. The molecule has 0 aliphatic heterocycles. The number of aryl methyl sites for hydroxylation is 2. The minimum absolute atomic E-state index is 0.866. The lowest BCUT2D eigenvalue weighted by Gasteiger charge is -2.14. The Labute approximate surface area is 86.8 Å². The summed E-state index contributed by atoms with van der Waals surface area (Å²) >= 11 is 0.